The maximum absolute atomic E-state index is 3.85. The van der Waals surface area contributed by atoms with Crippen LogP contribution in [0, 0.1) is 5.92 Å². The summed E-state index contributed by atoms with van der Waals surface area (Å²) in [5.41, 5.74) is 1.41. The molecule has 0 amide bonds. The van der Waals surface area contributed by atoms with Gasteiger partial charge in [-0.25, -0.2) is 0 Å². The summed E-state index contributed by atoms with van der Waals surface area (Å²) in [7, 11) is 0. The average molecular weight is 242 g/mol. The van der Waals surface area contributed by atoms with E-state index in [9.17, 15) is 0 Å². The van der Waals surface area contributed by atoms with Gasteiger partial charge in [-0.3, -0.25) is 4.90 Å². The Balaban J connectivity index is 1.52. The van der Waals surface area contributed by atoms with Gasteiger partial charge in [0.2, 0.25) is 0 Å². The Hall–Kier alpha value is -1.68. The Labute approximate surface area is 107 Å². The lowest BCUT2D eigenvalue weighted by molar-refractivity contribution is 0.309. The van der Waals surface area contributed by atoms with Crippen molar-refractivity contribution in [2.45, 2.75) is 19.5 Å². The van der Waals surface area contributed by atoms with Crippen LogP contribution in [0.25, 0.3) is 0 Å². The number of likely N-dealkylation sites (tertiary alicyclic amines) is 1. The predicted molar refractivity (Wildman–Crippen MR) is 69.8 cm³/mol. The van der Waals surface area contributed by atoms with Gasteiger partial charge in [0.1, 0.15) is 12.7 Å². The van der Waals surface area contributed by atoms with Crippen molar-refractivity contribution in [2.75, 3.05) is 13.1 Å². The molecule has 18 heavy (non-hydrogen) atoms. The highest BCUT2D eigenvalue weighted by molar-refractivity contribution is 5.14. The summed E-state index contributed by atoms with van der Waals surface area (Å²) in [6.45, 7) is 4.48. The Kier molecular flexibility index (Phi) is 3.37. The summed E-state index contributed by atoms with van der Waals surface area (Å²) >= 11 is 0. The molecule has 3 rings (SSSR count). The molecule has 1 unspecified atom stereocenters. The molecule has 0 saturated carbocycles. The van der Waals surface area contributed by atoms with E-state index in [1.807, 2.05) is 0 Å². The van der Waals surface area contributed by atoms with Crippen LogP contribution in [-0.4, -0.2) is 32.8 Å². The summed E-state index contributed by atoms with van der Waals surface area (Å²) < 4.78 is 2.08. The Morgan fingerprint density at radius 2 is 1.89 bits per heavy atom. The van der Waals surface area contributed by atoms with E-state index in [1.165, 1.54) is 25.1 Å². The molecule has 1 fully saturated rings. The van der Waals surface area contributed by atoms with Gasteiger partial charge in [-0.15, -0.1) is 10.2 Å². The first-order valence-electron chi connectivity index (χ1n) is 6.49. The molecule has 1 saturated heterocycles. The monoisotopic (exact) mass is 242 g/mol. The number of hydrogen-bond acceptors (Lipinski definition) is 3. The molecule has 0 aliphatic carbocycles. The molecule has 0 spiro atoms. The maximum atomic E-state index is 3.85. The van der Waals surface area contributed by atoms with Crippen LogP contribution in [0.15, 0.2) is 43.0 Å². The van der Waals surface area contributed by atoms with E-state index in [-0.39, 0.29) is 0 Å². The van der Waals surface area contributed by atoms with Crippen molar-refractivity contribution in [1.82, 2.24) is 19.7 Å². The fourth-order valence-electron chi connectivity index (χ4n) is 2.66. The number of nitrogens with zero attached hydrogens (tertiary/aromatic N) is 4. The molecule has 94 valence electrons. The molecule has 1 aliphatic rings. The van der Waals surface area contributed by atoms with Crippen molar-refractivity contribution < 1.29 is 0 Å². The summed E-state index contributed by atoms with van der Waals surface area (Å²) in [6, 6.07) is 10.7. The van der Waals surface area contributed by atoms with Crippen molar-refractivity contribution in [3.63, 3.8) is 0 Å². The third-order valence-electron chi connectivity index (χ3n) is 3.55. The van der Waals surface area contributed by atoms with Gasteiger partial charge in [0.15, 0.2) is 0 Å². The zero-order chi connectivity index (χ0) is 12.2. The van der Waals surface area contributed by atoms with E-state index in [0.717, 1.165) is 19.0 Å². The first-order chi connectivity index (χ1) is 8.90. The lowest BCUT2D eigenvalue weighted by Crippen LogP contribution is -2.21. The summed E-state index contributed by atoms with van der Waals surface area (Å²) in [5.74, 6) is 0.727. The van der Waals surface area contributed by atoms with Crippen LogP contribution in [0.3, 0.4) is 0 Å². The minimum Gasteiger partial charge on any atom is -0.320 e. The van der Waals surface area contributed by atoms with E-state index in [4.69, 9.17) is 0 Å². The Morgan fingerprint density at radius 1 is 1.11 bits per heavy atom. The minimum atomic E-state index is 0.727. The highest BCUT2D eigenvalue weighted by atomic mass is 15.2. The fourth-order valence-corrected chi connectivity index (χ4v) is 2.66. The first-order valence-corrected chi connectivity index (χ1v) is 6.49. The molecule has 1 aromatic heterocycles. The molecule has 1 aromatic carbocycles. The van der Waals surface area contributed by atoms with Crippen LogP contribution in [0.5, 0.6) is 0 Å². The molecular weight excluding hydrogens is 224 g/mol. The van der Waals surface area contributed by atoms with Crippen molar-refractivity contribution >= 4 is 0 Å². The van der Waals surface area contributed by atoms with Gasteiger partial charge in [-0.1, -0.05) is 30.3 Å². The molecule has 2 heterocycles. The van der Waals surface area contributed by atoms with Gasteiger partial charge in [0.05, 0.1) is 0 Å². The van der Waals surface area contributed by atoms with Crippen LogP contribution < -0.4 is 0 Å². The highest BCUT2D eigenvalue weighted by Crippen LogP contribution is 2.19. The lowest BCUT2D eigenvalue weighted by atomic mass is 10.1. The van der Waals surface area contributed by atoms with Gasteiger partial charge in [-0.2, -0.15) is 0 Å². The standard InChI is InChI=1S/C14H18N4/c1-2-4-13(5-3-1)8-17-7-6-14(9-17)10-18-11-15-16-12-18/h1-5,11-12,14H,6-10H2. The number of hydrogen-bond donors (Lipinski definition) is 0. The van der Waals surface area contributed by atoms with Gasteiger partial charge >= 0.3 is 0 Å². The molecule has 1 aliphatic heterocycles. The van der Waals surface area contributed by atoms with Gasteiger partial charge < -0.3 is 4.57 Å². The average Bonchev–Trinajstić information content (AvgIpc) is 3.03. The van der Waals surface area contributed by atoms with E-state index < -0.39 is 0 Å². The second kappa shape index (κ2) is 5.31. The zero-order valence-corrected chi connectivity index (χ0v) is 10.4. The molecule has 4 nitrogen and oxygen atoms in total. The molecular formula is C14H18N4. The SMILES string of the molecule is c1ccc(CN2CCC(Cn3cnnc3)C2)cc1. The van der Waals surface area contributed by atoms with E-state index >= 15 is 0 Å². The second-order valence-electron chi connectivity index (χ2n) is 5.03. The summed E-state index contributed by atoms with van der Waals surface area (Å²) in [4.78, 5) is 2.53. The van der Waals surface area contributed by atoms with Crippen LogP contribution in [-0.2, 0) is 13.1 Å². The van der Waals surface area contributed by atoms with Crippen molar-refractivity contribution in [2.24, 2.45) is 5.92 Å². The Morgan fingerprint density at radius 3 is 2.67 bits per heavy atom. The maximum Gasteiger partial charge on any atom is 0.119 e. The normalized spacial score (nSPS) is 20.3. The van der Waals surface area contributed by atoms with Gasteiger partial charge in [-0.05, 0) is 24.4 Å². The van der Waals surface area contributed by atoms with Crippen LogP contribution >= 0.6 is 0 Å². The number of benzene rings is 1. The highest BCUT2D eigenvalue weighted by Gasteiger charge is 2.22. The summed E-state index contributed by atoms with van der Waals surface area (Å²) in [5, 5.41) is 7.70. The Bertz CT molecular complexity index is 466. The molecule has 1 atom stereocenters. The zero-order valence-electron chi connectivity index (χ0n) is 10.4. The van der Waals surface area contributed by atoms with Crippen LogP contribution in [0.1, 0.15) is 12.0 Å². The quantitative estimate of drug-likeness (QED) is 0.820. The molecule has 4 heteroatoms. The predicted octanol–water partition coefficient (Wildman–Crippen LogP) is 1.80. The first kappa shape index (κ1) is 11.4. The van der Waals surface area contributed by atoms with E-state index in [2.05, 4.69) is 50.0 Å². The third kappa shape index (κ3) is 2.76. The number of aromatic nitrogens is 3. The van der Waals surface area contributed by atoms with Crippen LogP contribution in [0.2, 0.25) is 0 Å². The largest absolute Gasteiger partial charge is 0.320 e. The van der Waals surface area contributed by atoms with Crippen molar-refractivity contribution in [1.29, 1.82) is 0 Å². The molecule has 2 aromatic rings. The summed E-state index contributed by atoms with van der Waals surface area (Å²) in [6.07, 6.45) is 4.88. The fraction of sp³-hybridized carbons (Fsp3) is 0.429. The van der Waals surface area contributed by atoms with Crippen LogP contribution in [0.4, 0.5) is 0 Å². The number of rotatable bonds is 4. The second-order valence-corrected chi connectivity index (χ2v) is 5.03. The van der Waals surface area contributed by atoms with E-state index in [1.54, 1.807) is 12.7 Å². The molecule has 0 N–H and O–H groups in total. The topological polar surface area (TPSA) is 34.0 Å². The van der Waals surface area contributed by atoms with Crippen molar-refractivity contribution in [3.8, 4) is 0 Å². The third-order valence-corrected chi connectivity index (χ3v) is 3.55. The molecule has 0 bridgehead atoms. The lowest BCUT2D eigenvalue weighted by Gasteiger charge is -2.16. The van der Waals surface area contributed by atoms with Gasteiger partial charge in [0.25, 0.3) is 0 Å². The van der Waals surface area contributed by atoms with E-state index in [0.29, 0.717) is 0 Å². The van der Waals surface area contributed by atoms with Crippen molar-refractivity contribution in [3.05, 3.63) is 48.5 Å². The minimum absolute atomic E-state index is 0.727. The smallest absolute Gasteiger partial charge is 0.119 e. The van der Waals surface area contributed by atoms with Gasteiger partial charge in [0, 0.05) is 19.6 Å². The molecule has 0 radical (unpaired) electrons.